The molecule has 0 aliphatic carbocycles. The molecule has 248 valence electrons. The lowest BCUT2D eigenvalue weighted by molar-refractivity contribution is -0.124. The quantitative estimate of drug-likeness (QED) is 0.200. The largest absolute Gasteiger partial charge is 0.393 e. The van der Waals surface area contributed by atoms with Gasteiger partial charge in [-0.3, -0.25) is 14.8 Å². The van der Waals surface area contributed by atoms with Crippen molar-refractivity contribution in [2.75, 3.05) is 13.1 Å². The third-order valence-electron chi connectivity index (χ3n) is 8.93. The third kappa shape index (κ3) is 8.30. The molecule has 1 aromatic heterocycles. The summed E-state index contributed by atoms with van der Waals surface area (Å²) in [6.07, 6.45) is 5.37. The Labute approximate surface area is 278 Å². The van der Waals surface area contributed by atoms with Crippen LogP contribution in [0.1, 0.15) is 81.7 Å². The van der Waals surface area contributed by atoms with E-state index in [1.54, 1.807) is 17.4 Å². The van der Waals surface area contributed by atoms with Gasteiger partial charge in [-0.2, -0.15) is 0 Å². The highest BCUT2D eigenvalue weighted by atomic mass is 35.5. The predicted octanol–water partition coefficient (Wildman–Crippen LogP) is 8.13. The summed E-state index contributed by atoms with van der Waals surface area (Å²) in [4.78, 5) is 26.1. The van der Waals surface area contributed by atoms with E-state index in [4.69, 9.17) is 21.6 Å². The first-order valence-corrected chi connectivity index (χ1v) is 17.5. The van der Waals surface area contributed by atoms with Crippen molar-refractivity contribution in [1.82, 2.24) is 10.2 Å². The number of aliphatic hydroxyl groups excluding tert-OH is 1. The average molecular weight is 675 g/mol. The number of benzene rings is 1. The van der Waals surface area contributed by atoms with E-state index in [9.17, 15) is 23.1 Å². The summed E-state index contributed by atoms with van der Waals surface area (Å²) in [7, 11) is 0. The Kier molecular flexibility index (Phi) is 11.8. The van der Waals surface area contributed by atoms with Crippen molar-refractivity contribution in [3.63, 3.8) is 0 Å². The fraction of sp³-hybridized carbons (Fsp3) is 0.514. The first-order chi connectivity index (χ1) is 22.1. The molecule has 0 saturated carbocycles. The molecule has 0 radical (unpaired) electrons. The van der Waals surface area contributed by atoms with Gasteiger partial charge in [-0.1, -0.05) is 50.1 Å². The number of carbonyl (C=O) groups excluding carboxylic acids is 1. The predicted molar refractivity (Wildman–Crippen MR) is 179 cm³/mol. The van der Waals surface area contributed by atoms with Crippen molar-refractivity contribution in [2.45, 2.75) is 89.8 Å². The van der Waals surface area contributed by atoms with Gasteiger partial charge in [-0.05, 0) is 74.1 Å². The standard InChI is InChI=1S/C35H42ClF3N4O2S/c1-3-5-25(44)11-7-21(2)35(45)40-16-15-22-18-29-32(28-13-9-24(41-28)10-14-31(38)39)33(26-12-8-23(37)19-27(26)36)42-34(43(29)20-22)30-6-4-17-46-30/h4,6,8-9,12-13,17,19,21-22,24-25,31,33,44H,3,5,7,10-11,14-16,18,20H2,1-2H3,(H,40,45)/t21?,22-,24?,25?,33-/m0/s1. The molecule has 1 fully saturated rings. The number of aliphatic hydroxyl groups is 1. The fourth-order valence-electron chi connectivity index (χ4n) is 6.44. The number of nitrogens with zero attached hydrogens (tertiary/aromatic N) is 3. The summed E-state index contributed by atoms with van der Waals surface area (Å²) in [6, 6.07) is 7.41. The molecule has 5 atom stereocenters. The molecular weight excluding hydrogens is 633 g/mol. The Bertz CT molecular complexity index is 1490. The maximum atomic E-state index is 14.1. The first-order valence-electron chi connectivity index (χ1n) is 16.2. The van der Waals surface area contributed by atoms with Gasteiger partial charge in [0, 0.05) is 47.3 Å². The number of alkyl halides is 2. The van der Waals surface area contributed by atoms with Gasteiger partial charge >= 0.3 is 0 Å². The number of hydrogen-bond acceptors (Lipinski definition) is 6. The lowest BCUT2D eigenvalue weighted by atomic mass is 9.90. The Morgan fingerprint density at radius 3 is 2.72 bits per heavy atom. The zero-order chi connectivity index (χ0) is 32.8. The molecule has 2 aromatic rings. The minimum Gasteiger partial charge on any atom is -0.393 e. The van der Waals surface area contributed by atoms with Crippen molar-refractivity contribution >= 4 is 40.4 Å². The van der Waals surface area contributed by atoms with Crippen molar-refractivity contribution in [3.8, 4) is 0 Å². The minimum absolute atomic E-state index is 0.00790. The topological polar surface area (TPSA) is 77.3 Å². The molecule has 1 amide bonds. The highest BCUT2D eigenvalue weighted by molar-refractivity contribution is 7.12. The van der Waals surface area contributed by atoms with E-state index < -0.39 is 18.3 Å². The Hall–Kier alpha value is -2.95. The van der Waals surface area contributed by atoms with Crippen LogP contribution in [0.3, 0.4) is 0 Å². The van der Waals surface area contributed by atoms with Gasteiger partial charge < -0.3 is 15.3 Å². The van der Waals surface area contributed by atoms with E-state index in [0.717, 1.165) is 41.2 Å². The molecule has 0 bridgehead atoms. The van der Waals surface area contributed by atoms with Gasteiger partial charge in [-0.15, -0.1) is 11.3 Å². The molecule has 5 rings (SSSR count). The van der Waals surface area contributed by atoms with Crippen molar-refractivity contribution in [1.29, 1.82) is 0 Å². The number of aliphatic imine (C=N–C) groups is 2. The molecule has 2 N–H and O–H groups in total. The molecular formula is C35H42ClF3N4O2S. The zero-order valence-electron chi connectivity index (χ0n) is 26.3. The summed E-state index contributed by atoms with van der Waals surface area (Å²) >= 11 is 8.22. The van der Waals surface area contributed by atoms with E-state index >= 15 is 0 Å². The summed E-state index contributed by atoms with van der Waals surface area (Å²) in [6.45, 7) is 5.15. The van der Waals surface area contributed by atoms with Crippen LogP contribution < -0.4 is 5.32 Å². The number of nitrogens with one attached hydrogen (secondary N) is 1. The van der Waals surface area contributed by atoms with Crippen LogP contribution >= 0.6 is 22.9 Å². The Morgan fingerprint density at radius 2 is 2.00 bits per heavy atom. The second kappa shape index (κ2) is 15.8. The van der Waals surface area contributed by atoms with E-state index in [2.05, 4.69) is 10.2 Å². The van der Waals surface area contributed by atoms with Crippen molar-refractivity contribution in [3.05, 3.63) is 80.4 Å². The van der Waals surface area contributed by atoms with Gasteiger partial charge in [0.2, 0.25) is 12.3 Å². The lowest BCUT2D eigenvalue weighted by Crippen LogP contribution is -2.35. The SMILES string of the molecule is CCCC(O)CCC(C)C(=O)NCC[C@H]1CC2=C(C3=NC(CCC(F)F)C=C3)[C@H](c3ccc(F)cc3Cl)N=C(c3cccs3)N2C1. The number of fused-ring (bicyclic) bond motifs is 1. The van der Waals surface area contributed by atoms with E-state index in [-0.39, 0.29) is 47.8 Å². The number of allylic oxidation sites excluding steroid dienone is 2. The summed E-state index contributed by atoms with van der Waals surface area (Å²) in [5.74, 6) is 0.385. The normalized spacial score (nSPS) is 22.3. The number of thiophene rings is 1. The van der Waals surface area contributed by atoms with Gasteiger partial charge in [0.05, 0.1) is 22.7 Å². The van der Waals surface area contributed by atoms with Crippen LogP contribution in [0.4, 0.5) is 13.2 Å². The van der Waals surface area contributed by atoms with Gasteiger partial charge in [-0.25, -0.2) is 13.2 Å². The van der Waals surface area contributed by atoms with Crippen LogP contribution in [0.5, 0.6) is 0 Å². The van der Waals surface area contributed by atoms with Gasteiger partial charge in [0.1, 0.15) is 17.7 Å². The molecule has 3 aliphatic heterocycles. The maximum absolute atomic E-state index is 14.1. The number of rotatable bonds is 15. The van der Waals surface area contributed by atoms with Crippen LogP contribution in [-0.2, 0) is 4.79 Å². The second-order valence-electron chi connectivity index (χ2n) is 12.4. The van der Waals surface area contributed by atoms with Crippen LogP contribution in [0.25, 0.3) is 0 Å². The number of amidine groups is 1. The molecule has 1 aromatic carbocycles. The molecule has 46 heavy (non-hydrogen) atoms. The number of hydrogen-bond donors (Lipinski definition) is 2. The van der Waals surface area contributed by atoms with Gasteiger partial charge in [0.15, 0.2) is 0 Å². The fourth-order valence-corrected chi connectivity index (χ4v) is 7.44. The molecule has 0 spiro atoms. The molecule has 3 aliphatic rings. The van der Waals surface area contributed by atoms with Crippen LogP contribution in [0.15, 0.2) is 69.1 Å². The summed E-state index contributed by atoms with van der Waals surface area (Å²) in [5.41, 5.74) is 3.23. The van der Waals surface area contributed by atoms with E-state index in [0.29, 0.717) is 43.6 Å². The number of carbonyl (C=O) groups is 1. The molecule has 11 heteroatoms. The third-order valence-corrected chi connectivity index (χ3v) is 10.1. The highest BCUT2D eigenvalue weighted by Crippen LogP contribution is 2.45. The summed E-state index contributed by atoms with van der Waals surface area (Å²) < 4.78 is 40.1. The monoisotopic (exact) mass is 674 g/mol. The molecule has 4 heterocycles. The van der Waals surface area contributed by atoms with Crippen LogP contribution in [0.2, 0.25) is 5.02 Å². The Balaban J connectivity index is 1.40. The summed E-state index contributed by atoms with van der Waals surface area (Å²) in [5, 5.41) is 15.4. The van der Waals surface area contributed by atoms with Crippen molar-refractivity contribution < 1.29 is 23.1 Å². The zero-order valence-corrected chi connectivity index (χ0v) is 27.8. The van der Waals surface area contributed by atoms with Crippen LogP contribution in [0, 0.1) is 17.7 Å². The number of amides is 1. The molecule has 3 unspecified atom stereocenters. The van der Waals surface area contributed by atoms with Crippen LogP contribution in [-0.4, -0.2) is 59.1 Å². The molecule has 6 nitrogen and oxygen atoms in total. The lowest BCUT2D eigenvalue weighted by Gasteiger charge is -2.33. The second-order valence-corrected chi connectivity index (χ2v) is 13.8. The van der Waals surface area contributed by atoms with E-state index in [1.807, 2.05) is 43.5 Å². The number of halogens is 4. The first kappa shape index (κ1) is 34.4. The minimum atomic E-state index is -2.39. The average Bonchev–Trinajstić information content (AvgIpc) is 3.80. The smallest absolute Gasteiger partial charge is 0.238 e. The Morgan fingerprint density at radius 1 is 1.17 bits per heavy atom. The highest BCUT2D eigenvalue weighted by Gasteiger charge is 2.41. The van der Waals surface area contributed by atoms with Crippen molar-refractivity contribution in [2.24, 2.45) is 21.8 Å². The maximum Gasteiger partial charge on any atom is 0.238 e. The molecule has 1 saturated heterocycles. The van der Waals surface area contributed by atoms with E-state index in [1.165, 1.54) is 12.1 Å². The van der Waals surface area contributed by atoms with Gasteiger partial charge in [0.25, 0.3) is 0 Å².